The summed E-state index contributed by atoms with van der Waals surface area (Å²) in [4.78, 5) is 12.0. The van der Waals surface area contributed by atoms with Crippen LogP contribution in [-0.2, 0) is 4.74 Å². The fraction of sp³-hybridized carbons (Fsp3) is 0.615. The number of hydrogen-bond donors (Lipinski definition) is 2. The first-order chi connectivity index (χ1) is 8.98. The molecule has 6 nitrogen and oxygen atoms in total. The van der Waals surface area contributed by atoms with Crippen molar-refractivity contribution in [1.29, 1.82) is 0 Å². The SMILES string of the molecule is CCCNc1ccc(C(=O)NC(C)(C)COC)nn1. The summed E-state index contributed by atoms with van der Waals surface area (Å²) in [6.07, 6.45) is 1.01. The Labute approximate surface area is 113 Å². The number of methoxy groups -OCH3 is 1. The minimum Gasteiger partial charge on any atom is -0.382 e. The molecule has 0 bridgehead atoms. The molecule has 6 heteroatoms. The van der Waals surface area contributed by atoms with Crippen LogP contribution in [0.2, 0.25) is 0 Å². The normalized spacial score (nSPS) is 11.2. The summed E-state index contributed by atoms with van der Waals surface area (Å²) in [7, 11) is 1.60. The Kier molecular flexibility index (Phi) is 5.69. The third-order valence-electron chi connectivity index (χ3n) is 2.41. The maximum absolute atomic E-state index is 12.0. The van der Waals surface area contributed by atoms with Gasteiger partial charge in [0.05, 0.1) is 12.1 Å². The fourth-order valence-corrected chi connectivity index (χ4v) is 1.57. The third kappa shape index (κ3) is 5.21. The molecule has 1 aromatic rings. The van der Waals surface area contributed by atoms with Crippen LogP contribution in [0.1, 0.15) is 37.7 Å². The van der Waals surface area contributed by atoms with Gasteiger partial charge in [-0.25, -0.2) is 0 Å². The number of carbonyl (C=O) groups excluding carboxylic acids is 1. The van der Waals surface area contributed by atoms with Crippen LogP contribution in [0.25, 0.3) is 0 Å². The summed E-state index contributed by atoms with van der Waals surface area (Å²) < 4.78 is 5.05. The van der Waals surface area contributed by atoms with E-state index in [1.54, 1.807) is 19.2 Å². The van der Waals surface area contributed by atoms with E-state index in [0.717, 1.165) is 13.0 Å². The molecule has 0 aromatic carbocycles. The van der Waals surface area contributed by atoms with Gasteiger partial charge < -0.3 is 15.4 Å². The topological polar surface area (TPSA) is 76.1 Å². The van der Waals surface area contributed by atoms with Crippen molar-refractivity contribution in [1.82, 2.24) is 15.5 Å². The molecule has 0 saturated carbocycles. The fourth-order valence-electron chi connectivity index (χ4n) is 1.57. The Bertz CT molecular complexity index is 404. The van der Waals surface area contributed by atoms with Crippen molar-refractivity contribution in [3.8, 4) is 0 Å². The average molecular weight is 266 g/mol. The highest BCUT2D eigenvalue weighted by molar-refractivity contribution is 5.92. The Morgan fingerprint density at radius 2 is 2.11 bits per heavy atom. The van der Waals surface area contributed by atoms with Crippen LogP contribution < -0.4 is 10.6 Å². The molecule has 0 aliphatic carbocycles. The van der Waals surface area contributed by atoms with Crippen molar-refractivity contribution >= 4 is 11.7 Å². The van der Waals surface area contributed by atoms with Gasteiger partial charge in [-0.2, -0.15) is 0 Å². The van der Waals surface area contributed by atoms with E-state index in [9.17, 15) is 4.79 Å². The minimum absolute atomic E-state index is 0.253. The smallest absolute Gasteiger partial charge is 0.272 e. The van der Waals surface area contributed by atoms with Crippen LogP contribution in [0, 0.1) is 0 Å². The Hall–Kier alpha value is -1.69. The molecule has 1 amide bonds. The first-order valence-corrected chi connectivity index (χ1v) is 6.37. The van der Waals surface area contributed by atoms with Crippen molar-refractivity contribution in [3.05, 3.63) is 17.8 Å². The number of rotatable bonds is 7. The van der Waals surface area contributed by atoms with E-state index in [1.807, 2.05) is 13.8 Å². The predicted octanol–water partition coefficient (Wildman–Crippen LogP) is 1.45. The molecule has 0 aliphatic rings. The van der Waals surface area contributed by atoms with Crippen LogP contribution in [0.3, 0.4) is 0 Å². The number of ether oxygens (including phenoxy) is 1. The van der Waals surface area contributed by atoms with Gasteiger partial charge in [-0.15, -0.1) is 10.2 Å². The molecule has 0 aliphatic heterocycles. The minimum atomic E-state index is -0.438. The van der Waals surface area contributed by atoms with Gasteiger partial charge >= 0.3 is 0 Å². The molecule has 0 radical (unpaired) electrons. The van der Waals surface area contributed by atoms with E-state index in [-0.39, 0.29) is 5.91 Å². The van der Waals surface area contributed by atoms with Gasteiger partial charge in [0.2, 0.25) is 0 Å². The van der Waals surface area contributed by atoms with Crippen molar-refractivity contribution in [2.45, 2.75) is 32.7 Å². The van der Waals surface area contributed by atoms with Gasteiger partial charge in [0, 0.05) is 13.7 Å². The van der Waals surface area contributed by atoms with E-state index < -0.39 is 5.54 Å². The molecular formula is C13H22N4O2. The van der Waals surface area contributed by atoms with Crippen LogP contribution in [0.4, 0.5) is 5.82 Å². The largest absolute Gasteiger partial charge is 0.382 e. The second-order valence-electron chi connectivity index (χ2n) is 5.00. The Morgan fingerprint density at radius 1 is 1.37 bits per heavy atom. The highest BCUT2D eigenvalue weighted by Gasteiger charge is 2.21. The van der Waals surface area contributed by atoms with Crippen LogP contribution in [0.5, 0.6) is 0 Å². The van der Waals surface area contributed by atoms with E-state index >= 15 is 0 Å². The number of aromatic nitrogens is 2. The average Bonchev–Trinajstić information content (AvgIpc) is 2.36. The first kappa shape index (κ1) is 15.4. The summed E-state index contributed by atoms with van der Waals surface area (Å²) in [6.45, 7) is 7.11. The third-order valence-corrected chi connectivity index (χ3v) is 2.41. The van der Waals surface area contributed by atoms with Crippen molar-refractivity contribution in [2.24, 2.45) is 0 Å². The predicted molar refractivity (Wildman–Crippen MR) is 74.2 cm³/mol. The van der Waals surface area contributed by atoms with Gasteiger partial charge in [0.1, 0.15) is 5.82 Å². The zero-order valence-electron chi connectivity index (χ0n) is 12.0. The van der Waals surface area contributed by atoms with E-state index in [1.165, 1.54) is 0 Å². The standard InChI is InChI=1S/C13H22N4O2/c1-5-8-14-11-7-6-10(16-17-11)12(18)15-13(2,3)9-19-4/h6-7H,5,8-9H2,1-4H3,(H,14,17)(H,15,18). The molecule has 0 unspecified atom stereocenters. The molecule has 2 N–H and O–H groups in total. The summed E-state index contributed by atoms with van der Waals surface area (Å²) >= 11 is 0. The van der Waals surface area contributed by atoms with E-state index in [4.69, 9.17) is 4.74 Å². The molecule has 0 saturated heterocycles. The lowest BCUT2D eigenvalue weighted by atomic mass is 10.1. The van der Waals surface area contributed by atoms with Gasteiger partial charge in [-0.05, 0) is 32.4 Å². The Morgan fingerprint density at radius 3 is 2.63 bits per heavy atom. The molecule has 1 heterocycles. The number of anilines is 1. The lowest BCUT2D eigenvalue weighted by Gasteiger charge is -2.24. The highest BCUT2D eigenvalue weighted by atomic mass is 16.5. The lowest BCUT2D eigenvalue weighted by molar-refractivity contribution is 0.0814. The summed E-state index contributed by atoms with van der Waals surface area (Å²) in [6, 6.07) is 3.41. The quantitative estimate of drug-likeness (QED) is 0.781. The highest BCUT2D eigenvalue weighted by Crippen LogP contribution is 2.06. The zero-order chi connectivity index (χ0) is 14.3. The molecule has 0 fully saturated rings. The summed E-state index contributed by atoms with van der Waals surface area (Å²) in [5.41, 5.74) is -0.140. The maximum atomic E-state index is 12.0. The molecule has 19 heavy (non-hydrogen) atoms. The molecule has 1 rings (SSSR count). The van der Waals surface area contributed by atoms with Gasteiger partial charge in [-0.3, -0.25) is 4.79 Å². The second-order valence-corrected chi connectivity index (χ2v) is 5.00. The van der Waals surface area contributed by atoms with Gasteiger partial charge in [0.15, 0.2) is 5.69 Å². The Balaban J connectivity index is 2.62. The first-order valence-electron chi connectivity index (χ1n) is 6.37. The van der Waals surface area contributed by atoms with Crippen LogP contribution in [-0.4, -0.2) is 41.9 Å². The monoisotopic (exact) mass is 266 g/mol. The number of nitrogens with one attached hydrogen (secondary N) is 2. The number of carbonyl (C=O) groups is 1. The molecule has 106 valence electrons. The van der Waals surface area contributed by atoms with Crippen molar-refractivity contribution in [2.75, 3.05) is 25.6 Å². The number of nitrogens with zero attached hydrogens (tertiary/aromatic N) is 2. The maximum Gasteiger partial charge on any atom is 0.272 e. The summed E-state index contributed by atoms with van der Waals surface area (Å²) in [5.74, 6) is 0.422. The lowest BCUT2D eigenvalue weighted by Crippen LogP contribution is -2.47. The van der Waals surface area contributed by atoms with E-state index in [2.05, 4.69) is 27.8 Å². The van der Waals surface area contributed by atoms with Crippen molar-refractivity contribution < 1.29 is 9.53 Å². The van der Waals surface area contributed by atoms with Crippen LogP contribution in [0.15, 0.2) is 12.1 Å². The summed E-state index contributed by atoms with van der Waals surface area (Å²) in [5, 5.41) is 13.8. The molecule has 0 spiro atoms. The number of amides is 1. The van der Waals surface area contributed by atoms with Gasteiger partial charge in [0.25, 0.3) is 5.91 Å². The molecular weight excluding hydrogens is 244 g/mol. The van der Waals surface area contributed by atoms with Crippen LogP contribution >= 0.6 is 0 Å². The second kappa shape index (κ2) is 7.04. The van der Waals surface area contributed by atoms with Gasteiger partial charge in [-0.1, -0.05) is 6.92 Å². The molecule has 0 atom stereocenters. The van der Waals surface area contributed by atoms with E-state index in [0.29, 0.717) is 18.1 Å². The molecule has 1 aromatic heterocycles. The van der Waals surface area contributed by atoms with Crippen molar-refractivity contribution in [3.63, 3.8) is 0 Å². The zero-order valence-corrected chi connectivity index (χ0v) is 12.0. The number of hydrogen-bond acceptors (Lipinski definition) is 5.